The number of benzene rings is 1. The van der Waals surface area contributed by atoms with E-state index in [1.165, 1.54) is 6.07 Å². The van der Waals surface area contributed by atoms with Crippen molar-refractivity contribution in [1.82, 2.24) is 4.90 Å². The van der Waals surface area contributed by atoms with E-state index in [9.17, 15) is 14.9 Å². The van der Waals surface area contributed by atoms with Gasteiger partial charge in [0, 0.05) is 32.1 Å². The molecular weight excluding hydrogens is 270 g/mol. The maximum atomic E-state index is 11.8. The molecule has 1 aromatic rings. The van der Waals surface area contributed by atoms with Crippen molar-refractivity contribution in [3.8, 4) is 0 Å². The highest BCUT2D eigenvalue weighted by Gasteiger charge is 2.19. The van der Waals surface area contributed by atoms with Gasteiger partial charge in [-0.05, 0) is 30.9 Å². The molecule has 0 aromatic heterocycles. The van der Waals surface area contributed by atoms with Gasteiger partial charge in [0.1, 0.15) is 5.69 Å². The first-order valence-electron chi connectivity index (χ1n) is 7.40. The standard InChI is InChI=1S/C15H21N3O3/c1-2-8-16-13-10-12(6-7-14(13)18(20)21)11-17-9-4-3-5-15(17)19/h6-7,10,16H,2-5,8-9,11H2,1H3. The number of nitrogens with one attached hydrogen (secondary N) is 1. The van der Waals surface area contributed by atoms with Gasteiger partial charge in [-0.1, -0.05) is 13.0 Å². The lowest BCUT2D eigenvalue weighted by molar-refractivity contribution is -0.384. The summed E-state index contributed by atoms with van der Waals surface area (Å²) in [6, 6.07) is 5.04. The van der Waals surface area contributed by atoms with Crippen LogP contribution < -0.4 is 5.32 Å². The van der Waals surface area contributed by atoms with E-state index in [0.29, 0.717) is 25.2 Å². The lowest BCUT2D eigenvalue weighted by Crippen LogP contribution is -2.34. The molecule has 1 aromatic carbocycles. The second kappa shape index (κ2) is 7.06. The van der Waals surface area contributed by atoms with Gasteiger partial charge in [-0.3, -0.25) is 14.9 Å². The number of nitro benzene ring substituents is 1. The van der Waals surface area contributed by atoms with Gasteiger partial charge in [-0.25, -0.2) is 0 Å². The van der Waals surface area contributed by atoms with Crippen LogP contribution in [0.1, 0.15) is 38.2 Å². The minimum absolute atomic E-state index is 0.0807. The number of hydrogen-bond acceptors (Lipinski definition) is 4. The van der Waals surface area contributed by atoms with Crippen LogP contribution in [0.15, 0.2) is 18.2 Å². The highest BCUT2D eigenvalue weighted by atomic mass is 16.6. The number of carbonyl (C=O) groups is 1. The summed E-state index contributed by atoms with van der Waals surface area (Å²) in [5, 5.41) is 14.1. The summed E-state index contributed by atoms with van der Waals surface area (Å²) in [5.41, 5.74) is 1.54. The predicted molar refractivity (Wildman–Crippen MR) is 81.1 cm³/mol. The molecule has 21 heavy (non-hydrogen) atoms. The van der Waals surface area contributed by atoms with E-state index < -0.39 is 0 Å². The predicted octanol–water partition coefficient (Wildman–Crippen LogP) is 2.93. The van der Waals surface area contributed by atoms with Crippen LogP contribution in [0.3, 0.4) is 0 Å². The molecule has 6 nitrogen and oxygen atoms in total. The van der Waals surface area contributed by atoms with Crippen LogP contribution in [0, 0.1) is 10.1 Å². The zero-order valence-electron chi connectivity index (χ0n) is 12.3. The summed E-state index contributed by atoms with van der Waals surface area (Å²) < 4.78 is 0. The summed E-state index contributed by atoms with van der Waals surface area (Å²) in [7, 11) is 0. The molecular formula is C15H21N3O3. The molecule has 6 heteroatoms. The maximum Gasteiger partial charge on any atom is 0.292 e. The Hall–Kier alpha value is -2.11. The second-order valence-electron chi connectivity index (χ2n) is 5.31. The SMILES string of the molecule is CCCNc1cc(CN2CCCCC2=O)ccc1[N+](=O)[O-]. The van der Waals surface area contributed by atoms with Gasteiger partial charge < -0.3 is 10.2 Å². The summed E-state index contributed by atoms with van der Waals surface area (Å²) in [4.78, 5) is 24.3. The number of rotatable bonds is 6. The number of piperidine rings is 1. The van der Waals surface area contributed by atoms with Crippen molar-refractivity contribution in [1.29, 1.82) is 0 Å². The van der Waals surface area contributed by atoms with E-state index in [-0.39, 0.29) is 16.5 Å². The van der Waals surface area contributed by atoms with E-state index in [1.807, 2.05) is 11.8 Å². The fraction of sp³-hybridized carbons (Fsp3) is 0.533. The Morgan fingerprint density at radius 3 is 2.86 bits per heavy atom. The minimum atomic E-state index is -0.381. The van der Waals surface area contributed by atoms with E-state index >= 15 is 0 Å². The third kappa shape index (κ3) is 3.93. The molecule has 2 rings (SSSR count). The van der Waals surface area contributed by atoms with Crippen molar-refractivity contribution in [2.45, 2.75) is 39.2 Å². The molecule has 0 aliphatic carbocycles. The first-order chi connectivity index (χ1) is 10.1. The van der Waals surface area contributed by atoms with Gasteiger partial charge in [0.15, 0.2) is 0 Å². The van der Waals surface area contributed by atoms with E-state index in [1.54, 1.807) is 12.1 Å². The quantitative estimate of drug-likeness (QED) is 0.646. The Morgan fingerprint density at radius 2 is 2.19 bits per heavy atom. The number of likely N-dealkylation sites (tertiary alicyclic amines) is 1. The monoisotopic (exact) mass is 291 g/mol. The summed E-state index contributed by atoms with van der Waals surface area (Å²) in [6.45, 7) is 3.99. The number of carbonyl (C=O) groups excluding carboxylic acids is 1. The topological polar surface area (TPSA) is 75.5 Å². The van der Waals surface area contributed by atoms with Gasteiger partial charge in [0.25, 0.3) is 5.69 Å². The number of hydrogen-bond donors (Lipinski definition) is 1. The van der Waals surface area contributed by atoms with Crippen molar-refractivity contribution < 1.29 is 9.72 Å². The van der Waals surface area contributed by atoms with Crippen LogP contribution in [0.2, 0.25) is 0 Å². The highest BCUT2D eigenvalue weighted by molar-refractivity contribution is 5.77. The zero-order valence-corrected chi connectivity index (χ0v) is 12.3. The molecule has 1 heterocycles. The normalized spacial score (nSPS) is 15.1. The third-order valence-corrected chi connectivity index (χ3v) is 3.62. The van der Waals surface area contributed by atoms with Crippen LogP contribution >= 0.6 is 0 Å². The molecule has 0 saturated carbocycles. The van der Waals surface area contributed by atoms with Crippen molar-refractivity contribution in [2.75, 3.05) is 18.4 Å². The summed E-state index contributed by atoms with van der Waals surface area (Å²) in [6.07, 6.45) is 3.48. The van der Waals surface area contributed by atoms with Crippen LogP contribution in [0.4, 0.5) is 11.4 Å². The average molecular weight is 291 g/mol. The summed E-state index contributed by atoms with van der Waals surface area (Å²) in [5.74, 6) is 0.169. The van der Waals surface area contributed by atoms with E-state index in [4.69, 9.17) is 0 Å². The molecule has 0 radical (unpaired) electrons. The van der Waals surface area contributed by atoms with Crippen LogP contribution in [-0.2, 0) is 11.3 Å². The van der Waals surface area contributed by atoms with Crippen molar-refractivity contribution in [2.24, 2.45) is 0 Å². The Bertz CT molecular complexity index is 531. The van der Waals surface area contributed by atoms with E-state index in [0.717, 1.165) is 31.4 Å². The zero-order chi connectivity index (χ0) is 15.2. The fourth-order valence-electron chi connectivity index (χ4n) is 2.49. The first-order valence-corrected chi connectivity index (χ1v) is 7.40. The van der Waals surface area contributed by atoms with Crippen LogP contribution in [0.5, 0.6) is 0 Å². The van der Waals surface area contributed by atoms with E-state index in [2.05, 4.69) is 5.32 Å². The molecule has 1 saturated heterocycles. The molecule has 1 aliphatic rings. The molecule has 1 amide bonds. The Labute approximate surface area is 124 Å². The summed E-state index contributed by atoms with van der Waals surface area (Å²) >= 11 is 0. The molecule has 0 spiro atoms. The number of anilines is 1. The average Bonchev–Trinajstić information content (AvgIpc) is 2.47. The molecule has 0 bridgehead atoms. The lowest BCUT2D eigenvalue weighted by atomic mass is 10.1. The van der Waals surface area contributed by atoms with Gasteiger partial charge >= 0.3 is 0 Å². The molecule has 114 valence electrons. The number of nitrogens with zero attached hydrogens (tertiary/aromatic N) is 2. The van der Waals surface area contributed by atoms with Gasteiger partial charge in [-0.2, -0.15) is 0 Å². The van der Waals surface area contributed by atoms with Crippen molar-refractivity contribution >= 4 is 17.3 Å². The van der Waals surface area contributed by atoms with Crippen molar-refractivity contribution in [3.05, 3.63) is 33.9 Å². The fourth-order valence-corrected chi connectivity index (χ4v) is 2.49. The molecule has 1 fully saturated rings. The minimum Gasteiger partial charge on any atom is -0.379 e. The molecule has 0 unspecified atom stereocenters. The Kier molecular flexibility index (Phi) is 5.14. The van der Waals surface area contributed by atoms with Crippen LogP contribution in [-0.4, -0.2) is 28.8 Å². The lowest BCUT2D eigenvalue weighted by Gasteiger charge is -2.26. The Morgan fingerprint density at radius 1 is 1.38 bits per heavy atom. The van der Waals surface area contributed by atoms with Gasteiger partial charge in [-0.15, -0.1) is 0 Å². The van der Waals surface area contributed by atoms with Gasteiger partial charge in [0.2, 0.25) is 5.91 Å². The maximum absolute atomic E-state index is 11.8. The van der Waals surface area contributed by atoms with Crippen molar-refractivity contribution in [3.63, 3.8) is 0 Å². The van der Waals surface area contributed by atoms with Gasteiger partial charge in [0.05, 0.1) is 4.92 Å². The number of amides is 1. The molecule has 1 N–H and O–H groups in total. The first kappa shape index (κ1) is 15.3. The highest BCUT2D eigenvalue weighted by Crippen LogP contribution is 2.26. The third-order valence-electron chi connectivity index (χ3n) is 3.62. The second-order valence-corrected chi connectivity index (χ2v) is 5.31. The molecule has 1 aliphatic heterocycles. The van der Waals surface area contributed by atoms with Crippen LogP contribution in [0.25, 0.3) is 0 Å². The largest absolute Gasteiger partial charge is 0.379 e. The molecule has 0 atom stereocenters. The number of nitro groups is 1. The smallest absolute Gasteiger partial charge is 0.292 e. The Balaban J connectivity index is 2.16.